The Kier molecular flexibility index (Phi) is 3.00. The number of nitrogens with zero attached hydrogens (tertiary/aromatic N) is 3. The molecule has 0 spiro atoms. The van der Waals surface area contributed by atoms with Gasteiger partial charge >= 0.3 is 0 Å². The van der Waals surface area contributed by atoms with Gasteiger partial charge in [-0.1, -0.05) is 0 Å². The molecule has 0 N–H and O–H groups in total. The summed E-state index contributed by atoms with van der Waals surface area (Å²) in [6, 6.07) is 2.66. The van der Waals surface area contributed by atoms with Gasteiger partial charge in [0.2, 0.25) is 5.91 Å². The fraction of sp³-hybridized carbons (Fsp3) is 0.846. The maximum atomic E-state index is 12.2. The first-order valence-corrected chi connectivity index (χ1v) is 6.78. The van der Waals surface area contributed by atoms with Crippen LogP contribution in [0.25, 0.3) is 0 Å². The van der Waals surface area contributed by atoms with Gasteiger partial charge in [-0.05, 0) is 19.3 Å². The predicted octanol–water partition coefficient (Wildman–Crippen LogP) is 0.223. The van der Waals surface area contributed by atoms with E-state index in [9.17, 15) is 4.79 Å². The number of rotatable bonds is 2. The summed E-state index contributed by atoms with van der Waals surface area (Å²) in [6.45, 7) is 5.14. The van der Waals surface area contributed by atoms with Crippen molar-refractivity contribution in [3.63, 3.8) is 0 Å². The maximum Gasteiger partial charge on any atom is 0.243 e. The third-order valence-corrected chi connectivity index (χ3v) is 4.39. The number of ether oxygens (including phenoxy) is 1. The molecule has 0 radical (unpaired) electrons. The Hall–Kier alpha value is -1.12. The quantitative estimate of drug-likeness (QED) is 0.702. The van der Waals surface area contributed by atoms with E-state index in [1.54, 1.807) is 0 Å². The van der Waals surface area contributed by atoms with Crippen LogP contribution in [-0.2, 0) is 9.53 Å². The Morgan fingerprint density at radius 2 is 2.00 bits per heavy atom. The fourth-order valence-electron chi connectivity index (χ4n) is 2.97. The highest BCUT2D eigenvalue weighted by Crippen LogP contribution is 2.47. The second-order valence-electron chi connectivity index (χ2n) is 5.54. The minimum absolute atomic E-state index is 0.0701. The molecule has 2 aliphatic heterocycles. The van der Waals surface area contributed by atoms with E-state index in [0.29, 0.717) is 6.04 Å². The molecule has 3 aliphatic rings. The number of nitriles is 1. The van der Waals surface area contributed by atoms with E-state index in [-0.39, 0.29) is 5.91 Å². The van der Waals surface area contributed by atoms with Crippen molar-refractivity contribution in [2.45, 2.75) is 25.3 Å². The van der Waals surface area contributed by atoms with E-state index in [0.717, 1.165) is 58.7 Å². The minimum atomic E-state index is -0.653. The molecule has 1 atom stereocenters. The van der Waals surface area contributed by atoms with Gasteiger partial charge in [0.05, 0.1) is 19.3 Å². The molecule has 1 saturated carbocycles. The van der Waals surface area contributed by atoms with Gasteiger partial charge in [0.1, 0.15) is 5.41 Å². The van der Waals surface area contributed by atoms with E-state index in [1.807, 2.05) is 4.90 Å². The molecular weight excluding hydrogens is 230 g/mol. The lowest BCUT2D eigenvalue weighted by molar-refractivity contribution is -0.134. The molecule has 3 rings (SSSR count). The Morgan fingerprint density at radius 3 is 2.61 bits per heavy atom. The van der Waals surface area contributed by atoms with Gasteiger partial charge < -0.3 is 9.64 Å². The lowest BCUT2D eigenvalue weighted by atomic mass is 10.1. The molecular formula is C13H19N3O2. The molecule has 0 aromatic heterocycles. The van der Waals surface area contributed by atoms with Gasteiger partial charge in [-0.15, -0.1) is 0 Å². The standard InChI is InChI=1S/C13H19N3O2/c14-10-13(2-3-13)12(17)16-4-1-11(9-16)15-5-7-18-8-6-15/h11H,1-9H2. The molecule has 0 bridgehead atoms. The molecule has 5 heteroatoms. The first kappa shape index (κ1) is 11.9. The Labute approximate surface area is 107 Å². The summed E-state index contributed by atoms with van der Waals surface area (Å²) < 4.78 is 5.35. The van der Waals surface area contributed by atoms with Crippen LogP contribution < -0.4 is 0 Å². The van der Waals surface area contributed by atoms with Gasteiger partial charge in [-0.3, -0.25) is 9.69 Å². The Bertz CT molecular complexity index is 380. The van der Waals surface area contributed by atoms with Crippen LogP contribution in [0.4, 0.5) is 0 Å². The highest BCUT2D eigenvalue weighted by atomic mass is 16.5. The van der Waals surface area contributed by atoms with Crippen molar-refractivity contribution >= 4 is 5.91 Å². The first-order chi connectivity index (χ1) is 8.75. The van der Waals surface area contributed by atoms with Crippen molar-refractivity contribution < 1.29 is 9.53 Å². The van der Waals surface area contributed by atoms with E-state index in [4.69, 9.17) is 10.00 Å². The van der Waals surface area contributed by atoms with E-state index >= 15 is 0 Å². The molecule has 0 aromatic rings. The molecule has 3 fully saturated rings. The average molecular weight is 249 g/mol. The molecule has 98 valence electrons. The largest absolute Gasteiger partial charge is 0.379 e. The van der Waals surface area contributed by atoms with Gasteiger partial charge in [0.15, 0.2) is 0 Å². The van der Waals surface area contributed by atoms with Crippen LogP contribution in [0, 0.1) is 16.7 Å². The van der Waals surface area contributed by atoms with Gasteiger partial charge in [-0.2, -0.15) is 5.26 Å². The van der Waals surface area contributed by atoms with Crippen LogP contribution in [0.1, 0.15) is 19.3 Å². The van der Waals surface area contributed by atoms with Gasteiger partial charge in [0, 0.05) is 32.2 Å². The van der Waals surface area contributed by atoms with Crippen molar-refractivity contribution in [2.24, 2.45) is 5.41 Å². The Morgan fingerprint density at radius 1 is 1.28 bits per heavy atom. The van der Waals surface area contributed by atoms with Crippen LogP contribution in [-0.4, -0.2) is 61.1 Å². The van der Waals surface area contributed by atoms with Crippen LogP contribution in [0.5, 0.6) is 0 Å². The molecule has 18 heavy (non-hydrogen) atoms. The van der Waals surface area contributed by atoms with Crippen molar-refractivity contribution in [1.82, 2.24) is 9.80 Å². The normalized spacial score (nSPS) is 31.1. The smallest absolute Gasteiger partial charge is 0.243 e. The molecule has 1 amide bonds. The molecule has 0 aromatic carbocycles. The number of carbonyl (C=O) groups is 1. The number of morpholine rings is 1. The van der Waals surface area contributed by atoms with Crippen LogP contribution >= 0.6 is 0 Å². The third kappa shape index (κ3) is 2.00. The van der Waals surface area contributed by atoms with Crippen molar-refractivity contribution in [2.75, 3.05) is 39.4 Å². The molecule has 5 nitrogen and oxygen atoms in total. The predicted molar refractivity (Wildman–Crippen MR) is 64.7 cm³/mol. The number of hydrogen-bond acceptors (Lipinski definition) is 4. The summed E-state index contributed by atoms with van der Waals surface area (Å²) in [5, 5.41) is 9.08. The lowest BCUT2D eigenvalue weighted by Crippen LogP contribution is -2.45. The Balaban J connectivity index is 1.58. The summed E-state index contributed by atoms with van der Waals surface area (Å²) >= 11 is 0. The highest BCUT2D eigenvalue weighted by Gasteiger charge is 2.53. The minimum Gasteiger partial charge on any atom is -0.379 e. The van der Waals surface area contributed by atoms with Crippen molar-refractivity contribution in [1.29, 1.82) is 5.26 Å². The summed E-state index contributed by atoms with van der Waals surface area (Å²) in [6.07, 6.45) is 2.54. The number of carbonyl (C=O) groups excluding carboxylic acids is 1. The number of hydrogen-bond donors (Lipinski definition) is 0. The first-order valence-electron chi connectivity index (χ1n) is 6.78. The zero-order valence-corrected chi connectivity index (χ0v) is 10.6. The van der Waals surface area contributed by atoms with Gasteiger partial charge in [-0.25, -0.2) is 0 Å². The van der Waals surface area contributed by atoms with Gasteiger partial charge in [0.25, 0.3) is 0 Å². The van der Waals surface area contributed by atoms with Crippen LogP contribution in [0.15, 0.2) is 0 Å². The monoisotopic (exact) mass is 249 g/mol. The van der Waals surface area contributed by atoms with E-state index in [1.165, 1.54) is 0 Å². The van der Waals surface area contributed by atoms with Crippen molar-refractivity contribution in [3.05, 3.63) is 0 Å². The second kappa shape index (κ2) is 4.52. The SMILES string of the molecule is N#CC1(C(=O)N2CCC(N3CCOCC3)C2)CC1. The molecule has 2 heterocycles. The summed E-state index contributed by atoms with van der Waals surface area (Å²) in [5.41, 5.74) is -0.653. The highest BCUT2D eigenvalue weighted by molar-refractivity contribution is 5.88. The van der Waals surface area contributed by atoms with Crippen LogP contribution in [0.3, 0.4) is 0 Å². The summed E-state index contributed by atoms with van der Waals surface area (Å²) in [5.74, 6) is 0.0701. The number of amides is 1. The summed E-state index contributed by atoms with van der Waals surface area (Å²) in [7, 11) is 0. The zero-order valence-electron chi connectivity index (χ0n) is 10.6. The van der Waals surface area contributed by atoms with E-state index in [2.05, 4.69) is 11.0 Å². The molecule has 1 unspecified atom stereocenters. The zero-order chi connectivity index (χ0) is 12.6. The fourth-order valence-corrected chi connectivity index (χ4v) is 2.97. The van der Waals surface area contributed by atoms with E-state index < -0.39 is 5.41 Å². The van der Waals surface area contributed by atoms with Crippen LogP contribution in [0.2, 0.25) is 0 Å². The topological polar surface area (TPSA) is 56.6 Å². The third-order valence-electron chi connectivity index (χ3n) is 4.39. The maximum absolute atomic E-state index is 12.2. The summed E-state index contributed by atoms with van der Waals surface area (Å²) in [4.78, 5) is 16.6. The number of likely N-dealkylation sites (tertiary alicyclic amines) is 1. The second-order valence-corrected chi connectivity index (χ2v) is 5.54. The molecule has 1 aliphatic carbocycles. The molecule has 2 saturated heterocycles. The van der Waals surface area contributed by atoms with Crippen molar-refractivity contribution in [3.8, 4) is 6.07 Å². The average Bonchev–Trinajstić information content (AvgIpc) is 3.08. The lowest BCUT2D eigenvalue weighted by Gasteiger charge is -2.32.